The summed E-state index contributed by atoms with van der Waals surface area (Å²) in [5.41, 5.74) is 0.893. The molecule has 11 heteroatoms. The second kappa shape index (κ2) is 17.6. The fourth-order valence-electron chi connectivity index (χ4n) is 4.81. The molecule has 0 aliphatic carbocycles. The molecule has 1 aromatic heterocycles. The fourth-order valence-corrected chi connectivity index (χ4v) is 4.81. The highest BCUT2D eigenvalue weighted by molar-refractivity contribution is 6.01. The van der Waals surface area contributed by atoms with Crippen LogP contribution in [0, 0.1) is 5.92 Å². The lowest BCUT2D eigenvalue weighted by Gasteiger charge is -2.28. The number of anilines is 2. The summed E-state index contributed by atoms with van der Waals surface area (Å²) in [6.07, 6.45) is 9.11. The molecule has 2 aromatic rings. The summed E-state index contributed by atoms with van der Waals surface area (Å²) in [4.78, 5) is 65.9. The van der Waals surface area contributed by atoms with Gasteiger partial charge in [-0.25, -0.2) is 4.79 Å². The van der Waals surface area contributed by atoms with Gasteiger partial charge in [0.1, 0.15) is 18.3 Å². The molecule has 238 valence electrons. The maximum atomic E-state index is 13.4. The quantitative estimate of drug-likeness (QED) is 0.208. The highest BCUT2D eigenvalue weighted by atomic mass is 16.5. The molecule has 1 aliphatic rings. The number of carbonyl (C=O) groups excluding carboxylic acids is 4. The first kappa shape index (κ1) is 34.1. The van der Waals surface area contributed by atoms with Crippen LogP contribution in [0.3, 0.4) is 0 Å². The van der Waals surface area contributed by atoms with Gasteiger partial charge in [-0.15, -0.1) is 0 Å². The first-order valence-electron chi connectivity index (χ1n) is 15.4. The molecule has 3 rings (SSSR count). The first-order valence-corrected chi connectivity index (χ1v) is 15.4. The largest absolute Gasteiger partial charge is 0.463 e. The molecular weight excluding hydrogens is 562 g/mol. The molecule has 3 N–H and O–H groups in total. The van der Waals surface area contributed by atoms with Gasteiger partial charge >= 0.3 is 5.97 Å². The van der Waals surface area contributed by atoms with Crippen LogP contribution in [-0.4, -0.2) is 60.5 Å². The Kier molecular flexibility index (Phi) is 13.7. The zero-order valence-electron chi connectivity index (χ0n) is 26.0. The normalized spacial score (nSPS) is 13.9. The maximum Gasteiger partial charge on any atom is 0.330 e. The molecule has 1 aliphatic heterocycles. The van der Waals surface area contributed by atoms with Gasteiger partial charge in [-0.1, -0.05) is 19.9 Å². The number of hydrogen-bond acceptors (Lipinski definition) is 7. The van der Waals surface area contributed by atoms with E-state index in [0.717, 1.165) is 38.0 Å². The number of pyridine rings is 1. The van der Waals surface area contributed by atoms with Crippen LogP contribution in [-0.2, 0) is 25.7 Å². The Bertz CT molecular complexity index is 1350. The number of allylic oxidation sites excluding steroid dienone is 1. The Hall–Kier alpha value is -4.41. The molecule has 1 unspecified atom stereocenters. The van der Waals surface area contributed by atoms with Gasteiger partial charge in [0.05, 0.1) is 6.61 Å². The molecule has 0 bridgehead atoms. The Morgan fingerprint density at radius 2 is 1.73 bits per heavy atom. The lowest BCUT2D eigenvalue weighted by molar-refractivity contribution is -0.137. The summed E-state index contributed by atoms with van der Waals surface area (Å²) in [6.45, 7) is 8.35. The highest BCUT2D eigenvalue weighted by Gasteiger charge is 2.23. The van der Waals surface area contributed by atoms with Crippen molar-refractivity contribution in [1.29, 1.82) is 0 Å². The summed E-state index contributed by atoms with van der Waals surface area (Å²) in [6, 6.07) is 9.28. The zero-order chi connectivity index (χ0) is 31.9. The summed E-state index contributed by atoms with van der Waals surface area (Å²) in [5, 5.41) is 8.19. The van der Waals surface area contributed by atoms with E-state index in [0.29, 0.717) is 24.4 Å². The second-order valence-electron chi connectivity index (χ2n) is 11.2. The lowest BCUT2D eigenvalue weighted by atomic mass is 10.1. The molecule has 1 fully saturated rings. The number of piperidine rings is 1. The van der Waals surface area contributed by atoms with E-state index >= 15 is 0 Å². The Balaban J connectivity index is 1.70. The minimum Gasteiger partial charge on any atom is -0.463 e. The number of ether oxygens (including phenoxy) is 1. The van der Waals surface area contributed by atoms with Crippen molar-refractivity contribution in [2.75, 3.05) is 36.5 Å². The van der Waals surface area contributed by atoms with Gasteiger partial charge in [0.15, 0.2) is 0 Å². The van der Waals surface area contributed by atoms with Crippen molar-refractivity contribution < 1.29 is 23.9 Å². The van der Waals surface area contributed by atoms with Gasteiger partial charge in [0.2, 0.25) is 11.8 Å². The molecule has 44 heavy (non-hydrogen) atoms. The number of aromatic nitrogens is 1. The molecule has 0 spiro atoms. The number of hydrogen-bond donors (Lipinski definition) is 3. The standard InChI is InChI=1S/C33H45N5O6/c1-4-44-30(40)13-7-6-11-27(35-31(41)25-14-16-26(17-15-25)37-20-8-5-9-21-37)32(42)36-28-12-10-22-38(33(28)43)23-29(39)34-19-18-24(2)3/h7,10,12-17,22,24,27H,4-6,8-9,11,18-21,23H2,1-3H3,(H,34,39)(H,35,41)(H,36,42). The summed E-state index contributed by atoms with van der Waals surface area (Å²) in [5.74, 6) is -1.40. The third kappa shape index (κ3) is 11.0. The number of nitrogens with zero attached hydrogens (tertiary/aromatic N) is 2. The molecule has 0 saturated carbocycles. The third-order valence-electron chi connectivity index (χ3n) is 7.27. The van der Waals surface area contributed by atoms with E-state index in [1.807, 2.05) is 12.1 Å². The Morgan fingerprint density at radius 1 is 1.00 bits per heavy atom. The molecule has 1 saturated heterocycles. The van der Waals surface area contributed by atoms with Crippen LogP contribution in [0.1, 0.15) is 69.7 Å². The third-order valence-corrected chi connectivity index (χ3v) is 7.27. The molecule has 0 radical (unpaired) electrons. The van der Waals surface area contributed by atoms with Gasteiger partial charge < -0.3 is 30.2 Å². The van der Waals surface area contributed by atoms with Crippen molar-refractivity contribution in [2.24, 2.45) is 5.92 Å². The van der Waals surface area contributed by atoms with Crippen molar-refractivity contribution in [1.82, 2.24) is 15.2 Å². The summed E-state index contributed by atoms with van der Waals surface area (Å²) in [7, 11) is 0. The molecular formula is C33H45N5O6. The number of esters is 1. The van der Waals surface area contributed by atoms with Crippen LogP contribution in [0.5, 0.6) is 0 Å². The van der Waals surface area contributed by atoms with E-state index in [2.05, 4.69) is 34.7 Å². The van der Waals surface area contributed by atoms with E-state index in [4.69, 9.17) is 4.74 Å². The van der Waals surface area contributed by atoms with Crippen molar-refractivity contribution in [3.63, 3.8) is 0 Å². The van der Waals surface area contributed by atoms with E-state index in [9.17, 15) is 24.0 Å². The van der Waals surface area contributed by atoms with Gasteiger partial charge in [-0.3, -0.25) is 19.2 Å². The average molecular weight is 608 g/mol. The van der Waals surface area contributed by atoms with E-state index in [1.54, 1.807) is 31.2 Å². The zero-order valence-corrected chi connectivity index (χ0v) is 26.0. The Labute approximate surface area is 259 Å². The van der Waals surface area contributed by atoms with E-state index in [1.165, 1.54) is 29.3 Å². The van der Waals surface area contributed by atoms with Crippen LogP contribution in [0.15, 0.2) is 59.5 Å². The summed E-state index contributed by atoms with van der Waals surface area (Å²) >= 11 is 0. The number of carbonyl (C=O) groups is 4. The van der Waals surface area contributed by atoms with Gasteiger partial charge in [0.25, 0.3) is 11.5 Å². The SMILES string of the molecule is CCOC(=O)C=CCCC(NC(=O)c1ccc(N2CCCCC2)cc1)C(=O)Nc1cccn(CC(=O)NCCC(C)C)c1=O. The van der Waals surface area contributed by atoms with Crippen molar-refractivity contribution >= 4 is 35.1 Å². The first-order chi connectivity index (χ1) is 21.2. The van der Waals surface area contributed by atoms with Gasteiger partial charge in [0, 0.05) is 43.2 Å². The second-order valence-corrected chi connectivity index (χ2v) is 11.2. The van der Waals surface area contributed by atoms with Crippen molar-refractivity contribution in [2.45, 2.75) is 71.9 Å². The molecule has 3 amide bonds. The predicted octanol–water partition coefficient (Wildman–Crippen LogP) is 3.64. The number of rotatable bonds is 15. The van der Waals surface area contributed by atoms with Crippen LogP contribution < -0.4 is 26.4 Å². The van der Waals surface area contributed by atoms with Crippen LogP contribution in [0.4, 0.5) is 11.4 Å². The van der Waals surface area contributed by atoms with E-state index in [-0.39, 0.29) is 31.2 Å². The fraction of sp³-hybridized carbons (Fsp3) is 0.485. The summed E-state index contributed by atoms with van der Waals surface area (Å²) < 4.78 is 6.11. The average Bonchev–Trinajstić information content (AvgIpc) is 3.01. The monoisotopic (exact) mass is 607 g/mol. The smallest absolute Gasteiger partial charge is 0.330 e. The van der Waals surface area contributed by atoms with E-state index < -0.39 is 29.4 Å². The molecule has 2 heterocycles. The van der Waals surface area contributed by atoms with Gasteiger partial charge in [-0.05, 0) is 87.8 Å². The molecule has 1 aromatic carbocycles. The topological polar surface area (TPSA) is 139 Å². The van der Waals surface area contributed by atoms with Gasteiger partial charge in [-0.2, -0.15) is 0 Å². The predicted molar refractivity (Wildman–Crippen MR) is 171 cm³/mol. The maximum absolute atomic E-state index is 13.4. The minimum absolute atomic E-state index is 0.0142. The number of amides is 3. The molecule has 1 atom stereocenters. The Morgan fingerprint density at radius 3 is 2.41 bits per heavy atom. The van der Waals surface area contributed by atoms with Crippen LogP contribution >= 0.6 is 0 Å². The lowest BCUT2D eigenvalue weighted by Crippen LogP contribution is -2.44. The molecule has 11 nitrogen and oxygen atoms in total. The van der Waals surface area contributed by atoms with Crippen LogP contribution in [0.2, 0.25) is 0 Å². The van der Waals surface area contributed by atoms with Crippen molar-refractivity contribution in [3.8, 4) is 0 Å². The van der Waals surface area contributed by atoms with Crippen LogP contribution in [0.25, 0.3) is 0 Å². The number of benzene rings is 1. The number of nitrogens with one attached hydrogen (secondary N) is 3. The highest BCUT2D eigenvalue weighted by Crippen LogP contribution is 2.20. The van der Waals surface area contributed by atoms with Crippen molar-refractivity contribution in [3.05, 3.63) is 70.7 Å². The minimum atomic E-state index is -1.01.